The van der Waals surface area contributed by atoms with E-state index >= 15 is 0 Å². The minimum atomic E-state index is -0.652. The zero-order valence-corrected chi connectivity index (χ0v) is 22.7. The molecule has 0 radical (unpaired) electrons. The Bertz CT molecular complexity index is 1590. The van der Waals surface area contributed by atoms with Crippen LogP contribution in [0.4, 0.5) is 5.00 Å². The van der Waals surface area contributed by atoms with Gasteiger partial charge in [-0.25, -0.2) is 19.3 Å². The molecule has 0 aliphatic rings. The number of hydrogen-bond acceptors (Lipinski definition) is 10. The molecule has 1 aromatic carbocycles. The highest BCUT2D eigenvalue weighted by Gasteiger charge is 2.27. The van der Waals surface area contributed by atoms with Crippen LogP contribution in [0, 0.1) is 13.8 Å². The number of fused-ring (bicyclic) bond motifs is 1. The van der Waals surface area contributed by atoms with Crippen molar-refractivity contribution < 1.29 is 23.9 Å². The molecule has 0 saturated carbocycles. The van der Waals surface area contributed by atoms with E-state index in [0.29, 0.717) is 16.6 Å². The second-order valence-electron chi connectivity index (χ2n) is 7.99. The van der Waals surface area contributed by atoms with Crippen LogP contribution in [0.2, 0.25) is 0 Å². The second kappa shape index (κ2) is 11.6. The second-order valence-corrected chi connectivity index (χ2v) is 9.97. The number of nitrogens with one attached hydrogen (secondary N) is 2. The lowest BCUT2D eigenvalue weighted by Crippen LogP contribution is -2.17. The number of carbonyl (C=O) groups is 3. The van der Waals surface area contributed by atoms with Crippen LogP contribution in [0.25, 0.3) is 16.7 Å². The summed E-state index contributed by atoms with van der Waals surface area (Å²) in [4.78, 5) is 57.8. The molecule has 0 atom stereocenters. The molecule has 11 nitrogen and oxygen atoms in total. The van der Waals surface area contributed by atoms with Crippen LogP contribution in [0.3, 0.4) is 0 Å². The number of hydrogen-bond donors (Lipinski definition) is 2. The van der Waals surface area contributed by atoms with Crippen LogP contribution in [0.1, 0.15) is 45.0 Å². The first-order valence-electron chi connectivity index (χ1n) is 11.7. The van der Waals surface area contributed by atoms with E-state index in [1.807, 2.05) is 31.2 Å². The molecule has 0 aliphatic carbocycles. The fraction of sp³-hybridized carbons (Fsp3) is 0.280. The fourth-order valence-corrected chi connectivity index (χ4v) is 5.44. The molecular formula is C25H25N5O6S2. The monoisotopic (exact) mass is 555 g/mol. The molecule has 3 heterocycles. The number of rotatable bonds is 9. The molecule has 0 aliphatic heterocycles. The van der Waals surface area contributed by atoms with E-state index in [1.165, 1.54) is 6.20 Å². The average Bonchev–Trinajstić information content (AvgIpc) is 3.44. The van der Waals surface area contributed by atoms with E-state index in [1.54, 1.807) is 25.5 Å². The number of aryl methyl sites for hydroxylation is 1. The first-order chi connectivity index (χ1) is 18.2. The number of carbonyl (C=O) groups excluding carboxylic acids is 3. The maximum atomic E-state index is 12.8. The van der Waals surface area contributed by atoms with Gasteiger partial charge in [-0.15, -0.1) is 11.3 Å². The number of ether oxygens (including phenoxy) is 2. The van der Waals surface area contributed by atoms with Crippen molar-refractivity contribution in [2.45, 2.75) is 32.9 Å². The van der Waals surface area contributed by atoms with Gasteiger partial charge < -0.3 is 19.8 Å². The van der Waals surface area contributed by atoms with Crippen LogP contribution in [-0.2, 0) is 14.3 Å². The standard InChI is InChI=1S/C25H25N5O6S2/c1-5-35-23(33)18-14(4)19(24(34)36-6-2)38-22(18)27-17(31)12-37-25-28-20-15(21(32)29-25)11-26-30(20)16-10-8-7-9-13(16)3/h7-11H,5-6,12H2,1-4H3,(H,27,31)(H,28,29,32). The van der Waals surface area contributed by atoms with Crippen molar-refractivity contribution in [3.05, 3.63) is 62.4 Å². The van der Waals surface area contributed by atoms with Gasteiger partial charge in [0.2, 0.25) is 5.91 Å². The highest BCUT2D eigenvalue weighted by molar-refractivity contribution is 7.99. The molecule has 1 amide bonds. The first-order valence-corrected chi connectivity index (χ1v) is 13.5. The Balaban J connectivity index is 1.56. The largest absolute Gasteiger partial charge is 0.462 e. The minimum absolute atomic E-state index is 0.105. The molecule has 0 unspecified atom stereocenters. The van der Waals surface area contributed by atoms with Crippen LogP contribution in [-0.4, -0.2) is 56.6 Å². The van der Waals surface area contributed by atoms with Gasteiger partial charge in [0.25, 0.3) is 5.56 Å². The summed E-state index contributed by atoms with van der Waals surface area (Å²) in [5.74, 6) is -1.83. The quantitative estimate of drug-likeness (QED) is 0.179. The van der Waals surface area contributed by atoms with E-state index in [-0.39, 0.29) is 45.1 Å². The highest BCUT2D eigenvalue weighted by Crippen LogP contribution is 2.34. The smallest absolute Gasteiger partial charge is 0.348 e. The van der Waals surface area contributed by atoms with E-state index in [2.05, 4.69) is 20.4 Å². The lowest BCUT2D eigenvalue weighted by molar-refractivity contribution is -0.113. The maximum absolute atomic E-state index is 12.8. The third kappa shape index (κ3) is 5.48. The number of H-pyrrole nitrogens is 1. The van der Waals surface area contributed by atoms with Crippen molar-refractivity contribution in [1.29, 1.82) is 0 Å². The van der Waals surface area contributed by atoms with Gasteiger partial charge in [0.15, 0.2) is 10.8 Å². The maximum Gasteiger partial charge on any atom is 0.348 e. The molecule has 3 aromatic heterocycles. The summed E-state index contributed by atoms with van der Waals surface area (Å²) in [6, 6.07) is 7.58. The fourth-order valence-electron chi connectivity index (χ4n) is 3.68. The highest BCUT2D eigenvalue weighted by atomic mass is 32.2. The van der Waals surface area contributed by atoms with Gasteiger partial charge >= 0.3 is 11.9 Å². The molecule has 2 N–H and O–H groups in total. The number of nitrogens with zero attached hydrogens (tertiary/aromatic N) is 3. The van der Waals surface area contributed by atoms with Gasteiger partial charge in [0, 0.05) is 0 Å². The van der Waals surface area contributed by atoms with Crippen molar-refractivity contribution in [3.63, 3.8) is 0 Å². The Kier molecular flexibility index (Phi) is 8.27. The van der Waals surface area contributed by atoms with Crippen LogP contribution < -0.4 is 10.9 Å². The summed E-state index contributed by atoms with van der Waals surface area (Å²) in [6.45, 7) is 7.17. The van der Waals surface area contributed by atoms with Crippen molar-refractivity contribution in [2.24, 2.45) is 0 Å². The molecular weight excluding hydrogens is 530 g/mol. The summed E-state index contributed by atoms with van der Waals surface area (Å²) in [7, 11) is 0. The number of para-hydroxylation sites is 1. The number of aromatic amines is 1. The number of benzene rings is 1. The predicted octanol–water partition coefficient (Wildman–Crippen LogP) is 3.87. The number of esters is 2. The summed E-state index contributed by atoms with van der Waals surface area (Å²) >= 11 is 1.96. The number of anilines is 1. The Hall–Kier alpha value is -3.97. The van der Waals surface area contributed by atoms with Crippen LogP contribution >= 0.6 is 23.1 Å². The number of thiophene rings is 1. The molecule has 4 aromatic rings. The molecule has 13 heteroatoms. The molecule has 38 heavy (non-hydrogen) atoms. The van der Waals surface area contributed by atoms with Gasteiger partial charge in [0.1, 0.15) is 15.3 Å². The third-order valence-corrected chi connectivity index (χ3v) is 7.50. The van der Waals surface area contributed by atoms with Crippen molar-refractivity contribution in [3.8, 4) is 5.69 Å². The summed E-state index contributed by atoms with van der Waals surface area (Å²) < 4.78 is 11.8. The van der Waals surface area contributed by atoms with E-state index in [0.717, 1.165) is 34.3 Å². The lowest BCUT2D eigenvalue weighted by Gasteiger charge is -2.08. The third-order valence-electron chi connectivity index (χ3n) is 5.44. The van der Waals surface area contributed by atoms with Crippen molar-refractivity contribution in [2.75, 3.05) is 24.3 Å². The Morgan fingerprint density at radius 1 is 1.11 bits per heavy atom. The summed E-state index contributed by atoms with van der Waals surface area (Å²) in [6.07, 6.45) is 1.45. The zero-order valence-electron chi connectivity index (χ0n) is 21.1. The molecule has 198 valence electrons. The molecule has 0 fully saturated rings. The van der Waals surface area contributed by atoms with Gasteiger partial charge in [-0.3, -0.25) is 9.59 Å². The van der Waals surface area contributed by atoms with Crippen LogP contribution in [0.5, 0.6) is 0 Å². The van der Waals surface area contributed by atoms with Gasteiger partial charge in [-0.05, 0) is 44.9 Å². The Labute approximate surface area is 225 Å². The Morgan fingerprint density at radius 2 is 1.82 bits per heavy atom. The SMILES string of the molecule is CCOC(=O)c1sc(NC(=O)CSc2nc3c(cnn3-c3ccccc3C)c(=O)[nH]2)c(C(=O)OCC)c1C. The zero-order chi connectivity index (χ0) is 27.4. The van der Waals surface area contributed by atoms with Crippen molar-refractivity contribution in [1.82, 2.24) is 19.7 Å². The average molecular weight is 556 g/mol. The number of thioether (sulfide) groups is 1. The molecule has 0 bridgehead atoms. The van der Waals surface area contributed by atoms with Crippen LogP contribution in [0.15, 0.2) is 40.4 Å². The number of amides is 1. The molecule has 0 saturated heterocycles. The first kappa shape index (κ1) is 27.1. The van der Waals surface area contributed by atoms with E-state index < -0.39 is 17.8 Å². The van der Waals surface area contributed by atoms with Crippen molar-refractivity contribution >= 4 is 57.0 Å². The topological polar surface area (TPSA) is 145 Å². The predicted molar refractivity (Wildman–Crippen MR) is 145 cm³/mol. The number of aromatic nitrogens is 4. The van der Waals surface area contributed by atoms with Gasteiger partial charge in [-0.1, -0.05) is 30.0 Å². The van der Waals surface area contributed by atoms with E-state index in [9.17, 15) is 19.2 Å². The van der Waals surface area contributed by atoms with E-state index in [4.69, 9.17) is 9.47 Å². The van der Waals surface area contributed by atoms with Gasteiger partial charge in [0.05, 0.1) is 36.4 Å². The Morgan fingerprint density at radius 3 is 2.53 bits per heavy atom. The molecule has 4 rings (SSSR count). The lowest BCUT2D eigenvalue weighted by atomic mass is 10.1. The summed E-state index contributed by atoms with van der Waals surface area (Å²) in [5, 5.41) is 7.74. The summed E-state index contributed by atoms with van der Waals surface area (Å²) in [5.41, 5.74) is 2.20. The normalized spacial score (nSPS) is 10.9. The minimum Gasteiger partial charge on any atom is -0.462 e. The molecule has 0 spiro atoms. The van der Waals surface area contributed by atoms with Gasteiger partial charge in [-0.2, -0.15) is 5.10 Å².